The Morgan fingerprint density at radius 2 is 1.12 bits per heavy atom. The quantitative estimate of drug-likeness (QED) is 0.259. The number of hydrogen-bond acceptors (Lipinski definition) is 11. The number of Topliss-reactive ketones (excluding diaryl/α,β-unsaturated/α-hetero) is 1. The summed E-state index contributed by atoms with van der Waals surface area (Å²) in [6, 6.07) is 20.2. The summed E-state index contributed by atoms with van der Waals surface area (Å²) in [7, 11) is 0. The van der Waals surface area contributed by atoms with Crippen LogP contribution in [0.4, 0.5) is 10.3 Å². The Labute approximate surface area is 202 Å². The predicted molar refractivity (Wildman–Crippen MR) is 134 cm³/mol. The van der Waals surface area contributed by atoms with Crippen molar-refractivity contribution in [1.82, 2.24) is 20.4 Å². The van der Waals surface area contributed by atoms with Crippen molar-refractivity contribution in [2.45, 2.75) is 21.8 Å². The zero-order chi connectivity index (χ0) is 22.0. The third-order valence-electron chi connectivity index (χ3n) is 4.10. The fourth-order valence-corrected chi connectivity index (χ4v) is 5.90. The number of ketones is 1. The number of carbonyl (C=O) groups excluding carboxylic acids is 1. The second kappa shape index (κ2) is 12.0. The molecule has 2 N–H and O–H groups in total. The molecule has 7 nitrogen and oxygen atoms in total. The molecule has 4 rings (SSSR count). The molecule has 164 valence electrons. The fraction of sp³-hybridized carbons (Fsp3) is 0.190. The second-order valence-corrected chi connectivity index (χ2v) is 10.9. The van der Waals surface area contributed by atoms with E-state index in [0.717, 1.165) is 18.9 Å². The Morgan fingerprint density at radius 3 is 1.56 bits per heavy atom. The molecule has 11 heteroatoms. The van der Waals surface area contributed by atoms with Crippen LogP contribution >= 0.6 is 46.2 Å². The van der Waals surface area contributed by atoms with Crippen molar-refractivity contribution in [2.24, 2.45) is 0 Å². The van der Waals surface area contributed by atoms with Gasteiger partial charge in [-0.25, -0.2) is 0 Å². The van der Waals surface area contributed by atoms with Gasteiger partial charge in [-0.15, -0.1) is 20.4 Å². The van der Waals surface area contributed by atoms with Crippen LogP contribution in [0.5, 0.6) is 0 Å². The third kappa shape index (κ3) is 7.30. The van der Waals surface area contributed by atoms with Crippen LogP contribution in [0.2, 0.25) is 0 Å². The molecule has 0 atom stereocenters. The van der Waals surface area contributed by atoms with Crippen LogP contribution < -0.4 is 10.6 Å². The number of anilines is 2. The van der Waals surface area contributed by atoms with Gasteiger partial charge in [0.25, 0.3) is 0 Å². The highest BCUT2D eigenvalue weighted by molar-refractivity contribution is 8.03. The maximum atomic E-state index is 12.3. The Morgan fingerprint density at radius 1 is 0.688 bits per heavy atom. The van der Waals surface area contributed by atoms with Gasteiger partial charge in [0.05, 0.1) is 11.5 Å². The minimum atomic E-state index is 0.128. The summed E-state index contributed by atoms with van der Waals surface area (Å²) in [6.45, 7) is 1.39. The first-order chi connectivity index (χ1) is 15.7. The second-order valence-electron chi connectivity index (χ2n) is 6.54. The molecule has 0 aliphatic carbocycles. The maximum Gasteiger partial charge on any atom is 0.206 e. The molecule has 0 fully saturated rings. The van der Waals surface area contributed by atoms with E-state index in [1.807, 2.05) is 36.4 Å². The molecule has 2 aromatic carbocycles. The first kappa shape index (κ1) is 22.7. The van der Waals surface area contributed by atoms with E-state index in [2.05, 4.69) is 55.3 Å². The lowest BCUT2D eigenvalue weighted by molar-refractivity contribution is -0.114. The van der Waals surface area contributed by atoms with Gasteiger partial charge in [-0.1, -0.05) is 107 Å². The number of hydrogen-bond donors (Lipinski definition) is 2. The zero-order valence-electron chi connectivity index (χ0n) is 16.9. The van der Waals surface area contributed by atoms with Gasteiger partial charge < -0.3 is 10.6 Å². The van der Waals surface area contributed by atoms with Crippen LogP contribution in [0.3, 0.4) is 0 Å². The van der Waals surface area contributed by atoms with Crippen LogP contribution in [0.25, 0.3) is 0 Å². The number of thioether (sulfide) groups is 2. The van der Waals surface area contributed by atoms with Gasteiger partial charge in [0.15, 0.2) is 14.5 Å². The van der Waals surface area contributed by atoms with Crippen LogP contribution in [-0.2, 0) is 17.9 Å². The van der Waals surface area contributed by atoms with Gasteiger partial charge in [0, 0.05) is 13.1 Å². The van der Waals surface area contributed by atoms with Crippen molar-refractivity contribution in [3.63, 3.8) is 0 Å². The molecular weight excluding hydrogens is 481 g/mol. The number of nitrogens with zero attached hydrogens (tertiary/aromatic N) is 4. The molecule has 2 aromatic heterocycles. The number of nitrogens with one attached hydrogen (secondary N) is 2. The normalized spacial score (nSPS) is 10.8. The summed E-state index contributed by atoms with van der Waals surface area (Å²) in [5, 5.41) is 24.6. The standard InChI is InChI=1S/C21H20N6OS4/c28-17(13-29-20-26-24-18(31-20)22-11-15-7-3-1-4-8-15)14-30-21-27-25-19(32-21)23-12-16-9-5-2-6-10-16/h1-10H,11-14H2,(H,22,24)(H,23,25). The van der Waals surface area contributed by atoms with E-state index >= 15 is 0 Å². The van der Waals surface area contributed by atoms with Crippen molar-refractivity contribution in [3.8, 4) is 0 Å². The van der Waals surface area contributed by atoms with Gasteiger partial charge in [-0.2, -0.15) is 0 Å². The van der Waals surface area contributed by atoms with E-state index in [1.54, 1.807) is 0 Å². The molecule has 0 saturated heterocycles. The van der Waals surface area contributed by atoms with Crippen LogP contribution in [0.15, 0.2) is 69.3 Å². The molecule has 2 heterocycles. The van der Waals surface area contributed by atoms with Crippen molar-refractivity contribution >= 4 is 62.2 Å². The highest BCUT2D eigenvalue weighted by atomic mass is 32.2. The van der Waals surface area contributed by atoms with Crippen molar-refractivity contribution in [1.29, 1.82) is 0 Å². The summed E-state index contributed by atoms with van der Waals surface area (Å²) < 4.78 is 1.56. The highest BCUT2D eigenvalue weighted by Crippen LogP contribution is 2.28. The number of rotatable bonds is 12. The van der Waals surface area contributed by atoms with E-state index in [1.165, 1.54) is 57.3 Å². The van der Waals surface area contributed by atoms with Gasteiger partial charge in [-0.05, 0) is 11.1 Å². The lowest BCUT2D eigenvalue weighted by atomic mass is 10.2. The van der Waals surface area contributed by atoms with E-state index < -0.39 is 0 Å². The van der Waals surface area contributed by atoms with Crippen LogP contribution in [0, 0.1) is 0 Å². The molecule has 4 aromatic rings. The third-order valence-corrected chi connectivity index (χ3v) is 8.25. The van der Waals surface area contributed by atoms with E-state index in [9.17, 15) is 4.79 Å². The average Bonchev–Trinajstić information content (AvgIpc) is 3.49. The van der Waals surface area contributed by atoms with E-state index in [4.69, 9.17) is 0 Å². The molecule has 32 heavy (non-hydrogen) atoms. The lowest BCUT2D eigenvalue weighted by Gasteiger charge is -2.01. The van der Waals surface area contributed by atoms with Crippen molar-refractivity contribution in [3.05, 3.63) is 71.8 Å². The fourth-order valence-electron chi connectivity index (χ4n) is 2.55. The Kier molecular flexibility index (Phi) is 8.49. The van der Waals surface area contributed by atoms with Gasteiger partial charge in [0.2, 0.25) is 10.3 Å². The molecule has 0 unspecified atom stereocenters. The Balaban J connectivity index is 1.15. The molecule has 0 bridgehead atoms. The summed E-state index contributed by atoms with van der Waals surface area (Å²) in [6.07, 6.45) is 0. The molecule has 0 radical (unpaired) electrons. The van der Waals surface area contributed by atoms with Crippen LogP contribution in [-0.4, -0.2) is 37.7 Å². The first-order valence-corrected chi connectivity index (χ1v) is 13.3. The highest BCUT2D eigenvalue weighted by Gasteiger charge is 2.11. The summed E-state index contributed by atoms with van der Waals surface area (Å²) >= 11 is 5.74. The SMILES string of the molecule is O=C(CSc1nnc(NCc2ccccc2)s1)CSc1nnc(NCc2ccccc2)s1. The monoisotopic (exact) mass is 500 g/mol. The van der Waals surface area contributed by atoms with Gasteiger partial charge in [-0.3, -0.25) is 4.79 Å². The molecule has 0 aliphatic rings. The van der Waals surface area contributed by atoms with Crippen LogP contribution in [0.1, 0.15) is 11.1 Å². The maximum absolute atomic E-state index is 12.3. The van der Waals surface area contributed by atoms with E-state index in [0.29, 0.717) is 24.6 Å². The average molecular weight is 501 g/mol. The molecular formula is C21H20N6OS4. The number of benzene rings is 2. The molecule has 0 amide bonds. The number of aromatic nitrogens is 4. The summed E-state index contributed by atoms with van der Waals surface area (Å²) in [5.41, 5.74) is 2.36. The Hall–Kier alpha value is -2.47. The summed E-state index contributed by atoms with van der Waals surface area (Å²) in [4.78, 5) is 12.3. The van der Waals surface area contributed by atoms with Crippen molar-refractivity contribution < 1.29 is 4.79 Å². The zero-order valence-corrected chi connectivity index (χ0v) is 20.2. The van der Waals surface area contributed by atoms with Gasteiger partial charge >= 0.3 is 0 Å². The largest absolute Gasteiger partial charge is 0.356 e. The topological polar surface area (TPSA) is 92.7 Å². The predicted octanol–water partition coefficient (Wildman–Crippen LogP) is 5.07. The molecule has 0 spiro atoms. The molecule has 0 aliphatic heterocycles. The van der Waals surface area contributed by atoms with Crippen molar-refractivity contribution in [2.75, 3.05) is 22.1 Å². The van der Waals surface area contributed by atoms with E-state index in [-0.39, 0.29) is 5.78 Å². The molecule has 0 saturated carbocycles. The number of carbonyl (C=O) groups is 1. The smallest absolute Gasteiger partial charge is 0.206 e. The Bertz CT molecular complexity index is 1030. The lowest BCUT2D eigenvalue weighted by Crippen LogP contribution is -2.04. The minimum absolute atomic E-state index is 0.128. The summed E-state index contributed by atoms with van der Waals surface area (Å²) in [5.74, 6) is 0.846. The minimum Gasteiger partial charge on any atom is -0.356 e. The van der Waals surface area contributed by atoms with Gasteiger partial charge in [0.1, 0.15) is 0 Å². The first-order valence-electron chi connectivity index (χ1n) is 9.74.